The SMILES string of the molecule is Nc1ccc(F)cc1C(=O)Nc1cccc2ncccc12. The van der Waals surface area contributed by atoms with Gasteiger partial charge in [-0.05, 0) is 42.5 Å². The van der Waals surface area contributed by atoms with Crippen LogP contribution in [0, 0.1) is 5.82 Å². The number of nitrogens with two attached hydrogens (primary N) is 1. The number of carbonyl (C=O) groups is 1. The summed E-state index contributed by atoms with van der Waals surface area (Å²) in [5.74, 6) is -0.961. The van der Waals surface area contributed by atoms with Crippen LogP contribution in [0.4, 0.5) is 15.8 Å². The van der Waals surface area contributed by atoms with Crippen molar-refractivity contribution in [2.75, 3.05) is 11.1 Å². The zero-order valence-electron chi connectivity index (χ0n) is 11.0. The monoisotopic (exact) mass is 281 g/mol. The van der Waals surface area contributed by atoms with Gasteiger partial charge in [0.2, 0.25) is 0 Å². The Morgan fingerprint density at radius 2 is 2.00 bits per heavy atom. The minimum absolute atomic E-state index is 0.107. The molecule has 0 fully saturated rings. The summed E-state index contributed by atoms with van der Waals surface area (Å²) in [5.41, 5.74) is 7.43. The third-order valence-electron chi connectivity index (χ3n) is 3.15. The molecule has 2 aromatic carbocycles. The summed E-state index contributed by atoms with van der Waals surface area (Å²) < 4.78 is 13.3. The highest BCUT2D eigenvalue weighted by Gasteiger charge is 2.12. The summed E-state index contributed by atoms with van der Waals surface area (Å²) in [6.07, 6.45) is 1.68. The number of halogens is 1. The van der Waals surface area contributed by atoms with Gasteiger partial charge in [0.05, 0.1) is 16.8 Å². The van der Waals surface area contributed by atoms with Gasteiger partial charge >= 0.3 is 0 Å². The third kappa shape index (κ3) is 2.53. The molecule has 0 aliphatic rings. The first-order valence-corrected chi connectivity index (χ1v) is 6.35. The van der Waals surface area contributed by atoms with Gasteiger partial charge in [0.25, 0.3) is 5.91 Å². The molecule has 0 aliphatic carbocycles. The lowest BCUT2D eigenvalue weighted by molar-refractivity contribution is 0.102. The smallest absolute Gasteiger partial charge is 0.257 e. The average Bonchev–Trinajstić information content (AvgIpc) is 2.50. The molecule has 5 heteroatoms. The Hall–Kier alpha value is -2.95. The lowest BCUT2D eigenvalue weighted by Gasteiger charge is -2.10. The van der Waals surface area contributed by atoms with Crippen LogP contribution in [0.2, 0.25) is 0 Å². The van der Waals surface area contributed by atoms with Gasteiger partial charge in [-0.1, -0.05) is 6.07 Å². The quantitative estimate of drug-likeness (QED) is 0.709. The summed E-state index contributed by atoms with van der Waals surface area (Å²) in [4.78, 5) is 16.5. The van der Waals surface area contributed by atoms with Crippen LogP contribution in [0.15, 0.2) is 54.7 Å². The number of anilines is 2. The second-order valence-electron chi connectivity index (χ2n) is 4.56. The molecule has 3 N–H and O–H groups in total. The molecule has 104 valence electrons. The first-order valence-electron chi connectivity index (χ1n) is 6.35. The first-order chi connectivity index (χ1) is 10.1. The molecule has 3 aromatic rings. The molecule has 21 heavy (non-hydrogen) atoms. The predicted molar refractivity (Wildman–Crippen MR) is 80.5 cm³/mol. The van der Waals surface area contributed by atoms with Gasteiger partial charge < -0.3 is 11.1 Å². The van der Waals surface area contributed by atoms with Crippen LogP contribution in [-0.2, 0) is 0 Å². The number of hydrogen-bond donors (Lipinski definition) is 2. The molecule has 0 saturated heterocycles. The number of amides is 1. The fourth-order valence-electron chi connectivity index (χ4n) is 2.13. The molecule has 1 heterocycles. The maximum absolute atomic E-state index is 13.3. The molecule has 0 spiro atoms. The molecule has 0 radical (unpaired) electrons. The van der Waals surface area contributed by atoms with Crippen LogP contribution < -0.4 is 11.1 Å². The van der Waals surface area contributed by atoms with E-state index in [1.165, 1.54) is 12.1 Å². The summed E-state index contributed by atoms with van der Waals surface area (Å²) in [6, 6.07) is 12.7. The number of rotatable bonds is 2. The predicted octanol–water partition coefficient (Wildman–Crippen LogP) is 3.21. The van der Waals surface area contributed by atoms with Crippen molar-refractivity contribution in [3.8, 4) is 0 Å². The molecule has 0 unspecified atom stereocenters. The van der Waals surface area contributed by atoms with E-state index in [-0.39, 0.29) is 11.3 Å². The van der Waals surface area contributed by atoms with Crippen LogP contribution in [0.3, 0.4) is 0 Å². The number of aromatic nitrogens is 1. The van der Waals surface area contributed by atoms with E-state index in [9.17, 15) is 9.18 Å². The van der Waals surface area contributed by atoms with Crippen LogP contribution >= 0.6 is 0 Å². The van der Waals surface area contributed by atoms with Crippen LogP contribution in [-0.4, -0.2) is 10.9 Å². The van der Waals surface area contributed by atoms with Gasteiger partial charge in [-0.15, -0.1) is 0 Å². The van der Waals surface area contributed by atoms with Crippen molar-refractivity contribution in [3.05, 3.63) is 66.1 Å². The summed E-state index contributed by atoms with van der Waals surface area (Å²) in [5, 5.41) is 3.55. The highest BCUT2D eigenvalue weighted by molar-refractivity contribution is 6.11. The van der Waals surface area contributed by atoms with E-state index in [1.54, 1.807) is 24.4 Å². The van der Waals surface area contributed by atoms with Crippen molar-refractivity contribution in [2.24, 2.45) is 0 Å². The van der Waals surface area contributed by atoms with E-state index in [0.29, 0.717) is 5.69 Å². The van der Waals surface area contributed by atoms with Gasteiger partial charge in [-0.3, -0.25) is 9.78 Å². The fourth-order valence-corrected chi connectivity index (χ4v) is 2.13. The highest BCUT2D eigenvalue weighted by Crippen LogP contribution is 2.23. The molecule has 3 rings (SSSR count). The van der Waals surface area contributed by atoms with E-state index in [0.717, 1.165) is 17.0 Å². The lowest BCUT2D eigenvalue weighted by Crippen LogP contribution is -2.14. The van der Waals surface area contributed by atoms with E-state index in [4.69, 9.17) is 5.73 Å². The Morgan fingerprint density at radius 3 is 2.86 bits per heavy atom. The molecule has 0 atom stereocenters. The van der Waals surface area contributed by atoms with Crippen molar-refractivity contribution in [2.45, 2.75) is 0 Å². The number of nitrogens with one attached hydrogen (secondary N) is 1. The third-order valence-corrected chi connectivity index (χ3v) is 3.15. The first kappa shape index (κ1) is 13.1. The number of nitrogen functional groups attached to an aromatic ring is 1. The summed E-state index contributed by atoms with van der Waals surface area (Å²) in [6.45, 7) is 0. The van der Waals surface area contributed by atoms with Crippen molar-refractivity contribution >= 4 is 28.2 Å². The molecule has 1 amide bonds. The second-order valence-corrected chi connectivity index (χ2v) is 4.56. The second kappa shape index (κ2) is 5.20. The van der Waals surface area contributed by atoms with Crippen molar-refractivity contribution in [1.29, 1.82) is 0 Å². The molecule has 4 nitrogen and oxygen atoms in total. The van der Waals surface area contributed by atoms with Crippen LogP contribution in [0.5, 0.6) is 0 Å². The Bertz CT molecular complexity index is 827. The minimum atomic E-state index is -0.506. The number of hydrogen-bond acceptors (Lipinski definition) is 3. The zero-order chi connectivity index (χ0) is 14.8. The van der Waals surface area contributed by atoms with Crippen LogP contribution in [0.1, 0.15) is 10.4 Å². The van der Waals surface area contributed by atoms with Crippen molar-refractivity contribution in [3.63, 3.8) is 0 Å². The van der Waals surface area contributed by atoms with Gasteiger partial charge in [0, 0.05) is 17.3 Å². The standard InChI is InChI=1S/C16H12FN3O/c17-10-6-7-13(18)12(9-10)16(21)20-15-5-1-4-14-11(15)3-2-8-19-14/h1-9H,18H2,(H,20,21). The highest BCUT2D eigenvalue weighted by atomic mass is 19.1. The number of carbonyl (C=O) groups excluding carboxylic acids is 1. The number of benzene rings is 2. The Morgan fingerprint density at radius 1 is 1.14 bits per heavy atom. The van der Waals surface area contributed by atoms with Crippen molar-refractivity contribution in [1.82, 2.24) is 4.98 Å². The Labute approximate surface area is 120 Å². The van der Waals surface area contributed by atoms with Gasteiger partial charge in [0.1, 0.15) is 5.82 Å². The van der Waals surface area contributed by atoms with Crippen molar-refractivity contribution < 1.29 is 9.18 Å². The summed E-state index contributed by atoms with van der Waals surface area (Å²) in [7, 11) is 0. The molecule has 1 aromatic heterocycles. The summed E-state index contributed by atoms with van der Waals surface area (Å²) >= 11 is 0. The normalized spacial score (nSPS) is 10.5. The molecule has 0 aliphatic heterocycles. The molecule has 0 bridgehead atoms. The van der Waals surface area contributed by atoms with E-state index < -0.39 is 11.7 Å². The van der Waals surface area contributed by atoms with E-state index in [2.05, 4.69) is 10.3 Å². The number of nitrogens with zero attached hydrogens (tertiary/aromatic N) is 1. The average molecular weight is 281 g/mol. The van der Waals surface area contributed by atoms with E-state index in [1.807, 2.05) is 12.1 Å². The number of fused-ring (bicyclic) bond motifs is 1. The minimum Gasteiger partial charge on any atom is -0.398 e. The van der Waals surface area contributed by atoms with Gasteiger partial charge in [-0.2, -0.15) is 0 Å². The molecular weight excluding hydrogens is 269 g/mol. The maximum atomic E-state index is 13.3. The molecular formula is C16H12FN3O. The number of pyridine rings is 1. The van der Waals surface area contributed by atoms with E-state index >= 15 is 0 Å². The Balaban J connectivity index is 1.99. The Kier molecular flexibility index (Phi) is 3.23. The van der Waals surface area contributed by atoms with Crippen LogP contribution in [0.25, 0.3) is 10.9 Å². The zero-order valence-corrected chi connectivity index (χ0v) is 11.0. The lowest BCUT2D eigenvalue weighted by atomic mass is 10.1. The largest absolute Gasteiger partial charge is 0.398 e. The van der Waals surface area contributed by atoms with Gasteiger partial charge in [0.15, 0.2) is 0 Å². The fraction of sp³-hybridized carbons (Fsp3) is 0. The molecule has 0 saturated carbocycles. The maximum Gasteiger partial charge on any atom is 0.257 e. The van der Waals surface area contributed by atoms with Gasteiger partial charge in [-0.25, -0.2) is 4.39 Å². The topological polar surface area (TPSA) is 68.0 Å².